The molecule has 0 atom stereocenters. The van der Waals surface area contributed by atoms with Crippen molar-refractivity contribution in [2.45, 2.75) is 26.6 Å². The number of aliphatic imine (C=N–C) groups is 1. The minimum atomic E-state index is 0. The molecule has 1 aromatic carbocycles. The molecule has 2 heterocycles. The molecule has 0 spiro atoms. The second-order valence-corrected chi connectivity index (χ2v) is 7.25. The Balaban J connectivity index is 0.00000300. The molecule has 7 nitrogen and oxygen atoms in total. The summed E-state index contributed by atoms with van der Waals surface area (Å²) in [5.74, 6) is 0.791. The van der Waals surface area contributed by atoms with Crippen LogP contribution in [0.3, 0.4) is 0 Å². The molecular formula is C21H34IN7. The van der Waals surface area contributed by atoms with Gasteiger partial charge in [0.05, 0.1) is 12.2 Å². The SMILES string of the molecule is CCN1CCN(Cc2ccc(CNC(=NC)NCc3ccnn3C)cc2)CC1.I. The number of benzene rings is 1. The molecule has 0 bridgehead atoms. The molecule has 29 heavy (non-hydrogen) atoms. The molecule has 1 fully saturated rings. The van der Waals surface area contributed by atoms with E-state index in [0.717, 1.165) is 44.4 Å². The van der Waals surface area contributed by atoms with Crippen molar-refractivity contribution in [3.8, 4) is 0 Å². The molecule has 1 aromatic heterocycles. The third-order valence-electron chi connectivity index (χ3n) is 5.38. The van der Waals surface area contributed by atoms with Crippen molar-refractivity contribution in [3.05, 3.63) is 53.3 Å². The average Bonchev–Trinajstić information content (AvgIpc) is 3.14. The first kappa shape index (κ1) is 23.6. The molecule has 0 unspecified atom stereocenters. The fourth-order valence-electron chi connectivity index (χ4n) is 3.44. The van der Waals surface area contributed by atoms with Crippen molar-refractivity contribution >= 4 is 29.9 Å². The summed E-state index contributed by atoms with van der Waals surface area (Å²) in [5, 5.41) is 10.9. The Kier molecular flexibility index (Phi) is 9.89. The van der Waals surface area contributed by atoms with Crippen LogP contribution in [0.15, 0.2) is 41.5 Å². The summed E-state index contributed by atoms with van der Waals surface area (Å²) in [7, 11) is 3.73. The van der Waals surface area contributed by atoms with E-state index in [2.05, 4.69) is 61.7 Å². The Morgan fingerprint density at radius 1 is 0.966 bits per heavy atom. The quantitative estimate of drug-likeness (QED) is 0.339. The molecule has 1 saturated heterocycles. The van der Waals surface area contributed by atoms with Crippen molar-refractivity contribution < 1.29 is 0 Å². The number of likely N-dealkylation sites (N-methyl/N-ethyl adjacent to an activating group) is 1. The van der Waals surface area contributed by atoms with Crippen LogP contribution < -0.4 is 10.6 Å². The van der Waals surface area contributed by atoms with E-state index in [9.17, 15) is 0 Å². The third kappa shape index (κ3) is 7.27. The minimum Gasteiger partial charge on any atom is -0.352 e. The van der Waals surface area contributed by atoms with E-state index in [4.69, 9.17) is 0 Å². The molecule has 1 aliphatic heterocycles. The average molecular weight is 511 g/mol. The lowest BCUT2D eigenvalue weighted by Gasteiger charge is -2.34. The number of nitrogens with one attached hydrogen (secondary N) is 2. The summed E-state index contributed by atoms with van der Waals surface area (Å²) >= 11 is 0. The maximum absolute atomic E-state index is 4.29. The van der Waals surface area contributed by atoms with Gasteiger partial charge in [-0.2, -0.15) is 5.10 Å². The van der Waals surface area contributed by atoms with Crippen LogP contribution in [0.1, 0.15) is 23.7 Å². The van der Waals surface area contributed by atoms with Crippen LogP contribution in [0.2, 0.25) is 0 Å². The van der Waals surface area contributed by atoms with Crippen LogP contribution in [-0.2, 0) is 26.7 Å². The predicted octanol–water partition coefficient (Wildman–Crippen LogP) is 2.04. The van der Waals surface area contributed by atoms with Gasteiger partial charge >= 0.3 is 0 Å². The molecule has 0 aliphatic carbocycles. The largest absolute Gasteiger partial charge is 0.352 e. The topological polar surface area (TPSA) is 60.7 Å². The summed E-state index contributed by atoms with van der Waals surface area (Å²) in [4.78, 5) is 9.35. The molecule has 160 valence electrons. The predicted molar refractivity (Wildman–Crippen MR) is 129 cm³/mol. The fraction of sp³-hybridized carbons (Fsp3) is 0.524. The first-order chi connectivity index (χ1) is 13.7. The van der Waals surface area contributed by atoms with Crippen LogP contribution in [0, 0.1) is 0 Å². The van der Waals surface area contributed by atoms with Crippen molar-refractivity contribution in [1.29, 1.82) is 0 Å². The molecule has 2 aromatic rings. The zero-order valence-electron chi connectivity index (χ0n) is 17.8. The van der Waals surface area contributed by atoms with Gasteiger partial charge in [-0.1, -0.05) is 31.2 Å². The Morgan fingerprint density at radius 2 is 1.59 bits per heavy atom. The Morgan fingerprint density at radius 3 is 2.17 bits per heavy atom. The standard InChI is InChI=1S/C21H33N7.HI/c1-4-27-11-13-28(14-12-27)17-19-7-5-18(6-8-19)15-23-21(22-2)24-16-20-9-10-25-26(20)3;/h5-10H,4,11-17H2,1-3H3,(H2,22,23,24);1H. The second kappa shape index (κ2) is 12.1. The van der Waals surface area contributed by atoms with Crippen LogP contribution in [0.4, 0.5) is 0 Å². The summed E-state index contributed by atoms with van der Waals surface area (Å²) in [6.07, 6.45) is 1.80. The fourth-order valence-corrected chi connectivity index (χ4v) is 3.44. The summed E-state index contributed by atoms with van der Waals surface area (Å²) < 4.78 is 1.86. The van der Waals surface area contributed by atoms with E-state index >= 15 is 0 Å². The summed E-state index contributed by atoms with van der Waals surface area (Å²) in [5.41, 5.74) is 3.75. The van der Waals surface area contributed by atoms with E-state index in [-0.39, 0.29) is 24.0 Å². The Bertz CT molecular complexity index is 749. The van der Waals surface area contributed by atoms with Crippen LogP contribution in [0.25, 0.3) is 0 Å². The number of hydrogen-bond acceptors (Lipinski definition) is 4. The number of piperazine rings is 1. The van der Waals surface area contributed by atoms with E-state index in [1.807, 2.05) is 17.8 Å². The van der Waals surface area contributed by atoms with Gasteiger partial charge in [0.1, 0.15) is 0 Å². The highest BCUT2D eigenvalue weighted by Crippen LogP contribution is 2.10. The van der Waals surface area contributed by atoms with Gasteiger partial charge in [0, 0.05) is 59.6 Å². The van der Waals surface area contributed by atoms with Crippen molar-refractivity contribution in [2.24, 2.45) is 12.0 Å². The Hall–Kier alpha value is -1.65. The second-order valence-electron chi connectivity index (χ2n) is 7.25. The molecule has 1 aliphatic rings. The molecular weight excluding hydrogens is 477 g/mol. The summed E-state index contributed by atoms with van der Waals surface area (Å²) in [6, 6.07) is 10.9. The van der Waals surface area contributed by atoms with Gasteiger partial charge in [0.15, 0.2) is 5.96 Å². The van der Waals surface area contributed by atoms with E-state index in [1.54, 1.807) is 13.2 Å². The molecule has 2 N–H and O–H groups in total. The van der Waals surface area contributed by atoms with Gasteiger partial charge in [-0.25, -0.2) is 0 Å². The minimum absolute atomic E-state index is 0. The monoisotopic (exact) mass is 511 g/mol. The molecule has 0 radical (unpaired) electrons. The van der Waals surface area contributed by atoms with Gasteiger partial charge in [-0.3, -0.25) is 14.6 Å². The van der Waals surface area contributed by atoms with Crippen molar-refractivity contribution in [3.63, 3.8) is 0 Å². The van der Waals surface area contributed by atoms with Gasteiger partial charge in [0.2, 0.25) is 0 Å². The smallest absolute Gasteiger partial charge is 0.191 e. The van der Waals surface area contributed by atoms with Gasteiger partial charge in [-0.15, -0.1) is 24.0 Å². The molecule has 0 saturated carbocycles. The maximum atomic E-state index is 4.29. The number of aryl methyl sites for hydroxylation is 1. The number of halogens is 1. The highest BCUT2D eigenvalue weighted by Gasteiger charge is 2.15. The first-order valence-electron chi connectivity index (χ1n) is 10.1. The number of aromatic nitrogens is 2. The maximum Gasteiger partial charge on any atom is 0.191 e. The lowest BCUT2D eigenvalue weighted by molar-refractivity contribution is 0.132. The van der Waals surface area contributed by atoms with Crippen molar-refractivity contribution in [1.82, 2.24) is 30.2 Å². The third-order valence-corrected chi connectivity index (χ3v) is 5.38. The van der Waals surface area contributed by atoms with Crippen molar-refractivity contribution in [2.75, 3.05) is 39.8 Å². The normalized spacial score (nSPS) is 15.8. The number of hydrogen-bond donors (Lipinski definition) is 2. The van der Waals surface area contributed by atoms with Gasteiger partial charge in [0.25, 0.3) is 0 Å². The zero-order valence-corrected chi connectivity index (χ0v) is 20.1. The number of rotatable bonds is 7. The van der Waals surface area contributed by atoms with Gasteiger partial charge in [-0.05, 0) is 23.7 Å². The van der Waals surface area contributed by atoms with E-state index < -0.39 is 0 Å². The first-order valence-corrected chi connectivity index (χ1v) is 10.1. The van der Waals surface area contributed by atoms with Crippen LogP contribution in [-0.4, -0.2) is 65.3 Å². The van der Waals surface area contributed by atoms with Gasteiger partial charge < -0.3 is 15.5 Å². The molecule has 0 amide bonds. The van der Waals surface area contributed by atoms with E-state index in [1.165, 1.54) is 24.2 Å². The Labute approximate surface area is 191 Å². The number of nitrogens with zero attached hydrogens (tertiary/aromatic N) is 5. The highest BCUT2D eigenvalue weighted by molar-refractivity contribution is 14.0. The number of guanidine groups is 1. The lowest BCUT2D eigenvalue weighted by atomic mass is 10.1. The molecule has 8 heteroatoms. The highest BCUT2D eigenvalue weighted by atomic mass is 127. The van der Waals surface area contributed by atoms with Crippen LogP contribution in [0.5, 0.6) is 0 Å². The lowest BCUT2D eigenvalue weighted by Crippen LogP contribution is -2.45. The van der Waals surface area contributed by atoms with E-state index in [0.29, 0.717) is 6.54 Å². The van der Waals surface area contributed by atoms with Crippen LogP contribution >= 0.6 is 24.0 Å². The molecule has 3 rings (SSSR count). The summed E-state index contributed by atoms with van der Waals surface area (Å²) in [6.45, 7) is 10.6. The zero-order chi connectivity index (χ0) is 19.8.